The lowest BCUT2D eigenvalue weighted by Gasteiger charge is -2.27. The van der Waals surface area contributed by atoms with Gasteiger partial charge in [0.2, 0.25) is 0 Å². The van der Waals surface area contributed by atoms with Crippen LogP contribution in [-0.4, -0.2) is 42.3 Å². The zero-order chi connectivity index (χ0) is 21.1. The van der Waals surface area contributed by atoms with E-state index in [0.29, 0.717) is 25.1 Å². The van der Waals surface area contributed by atoms with Crippen LogP contribution in [0.2, 0.25) is 0 Å². The maximum Gasteiger partial charge on any atom is 0.253 e. The minimum Gasteiger partial charge on any atom is -0.378 e. The number of aryl methyl sites for hydroxylation is 2. The Labute approximate surface area is 177 Å². The molecule has 1 aliphatic rings. The van der Waals surface area contributed by atoms with Crippen molar-refractivity contribution in [1.82, 2.24) is 10.1 Å². The highest BCUT2D eigenvalue weighted by molar-refractivity contribution is 5.80. The van der Waals surface area contributed by atoms with Crippen LogP contribution in [0.1, 0.15) is 35.2 Å². The van der Waals surface area contributed by atoms with E-state index in [4.69, 9.17) is 15.0 Å². The molecule has 4 rings (SSSR count). The molecular formula is C24H28N4O2. The summed E-state index contributed by atoms with van der Waals surface area (Å²) in [6.45, 7) is 9.18. The minimum absolute atomic E-state index is 0.0903. The number of hydrogen-bond donors (Lipinski definition) is 1. The number of rotatable bonds is 4. The summed E-state index contributed by atoms with van der Waals surface area (Å²) in [6.07, 6.45) is 0. The Balaban J connectivity index is 1.52. The zero-order valence-electron chi connectivity index (χ0n) is 17.8. The Kier molecular flexibility index (Phi) is 5.86. The van der Waals surface area contributed by atoms with Gasteiger partial charge in [-0.05, 0) is 36.1 Å². The first kappa shape index (κ1) is 20.2. The molecule has 2 N–H and O–H groups in total. The van der Waals surface area contributed by atoms with Crippen LogP contribution in [0, 0.1) is 13.8 Å². The molecule has 156 valence electrons. The van der Waals surface area contributed by atoms with Gasteiger partial charge in [0.1, 0.15) is 0 Å². The summed E-state index contributed by atoms with van der Waals surface area (Å²) >= 11 is 0. The standard InChI is InChI=1S/C24H28N4O2/c1-16-5-4-6-20(13-16)21-8-7-19(14-17(21)2)18(3)22-15-23(30-27-22)26-24(25)28-9-11-29-12-10-28/h4-8,13-15,18H,9-12H2,1-3H3,(H2,25,26)/t18-/m0/s1. The molecule has 6 heteroatoms. The van der Waals surface area contributed by atoms with Gasteiger partial charge in [-0.3, -0.25) is 0 Å². The number of nitrogens with two attached hydrogens (primary N) is 1. The third kappa shape index (κ3) is 4.39. The van der Waals surface area contributed by atoms with Crippen LogP contribution in [0.25, 0.3) is 11.1 Å². The van der Waals surface area contributed by atoms with Gasteiger partial charge in [0.05, 0.1) is 18.9 Å². The van der Waals surface area contributed by atoms with E-state index in [1.54, 1.807) is 0 Å². The van der Waals surface area contributed by atoms with E-state index < -0.39 is 0 Å². The highest BCUT2D eigenvalue weighted by Crippen LogP contribution is 2.31. The van der Waals surface area contributed by atoms with E-state index in [1.165, 1.54) is 27.8 Å². The molecule has 30 heavy (non-hydrogen) atoms. The predicted octanol–water partition coefficient (Wildman–Crippen LogP) is 4.39. The van der Waals surface area contributed by atoms with Crippen molar-refractivity contribution in [2.45, 2.75) is 26.7 Å². The zero-order valence-corrected chi connectivity index (χ0v) is 17.8. The fourth-order valence-corrected chi connectivity index (χ4v) is 3.77. The largest absolute Gasteiger partial charge is 0.378 e. The van der Waals surface area contributed by atoms with Crippen molar-refractivity contribution in [2.24, 2.45) is 10.7 Å². The SMILES string of the molecule is Cc1cccc(-c2ccc([C@H](C)c3cc(/N=C(\N)N4CCOCC4)on3)cc2C)c1. The first-order valence-electron chi connectivity index (χ1n) is 10.3. The molecule has 0 amide bonds. The fraction of sp³-hybridized carbons (Fsp3) is 0.333. The van der Waals surface area contributed by atoms with E-state index in [0.717, 1.165) is 18.8 Å². The van der Waals surface area contributed by atoms with E-state index >= 15 is 0 Å². The molecule has 2 aromatic carbocycles. The molecule has 1 aliphatic heterocycles. The molecule has 3 aromatic rings. The maximum atomic E-state index is 6.11. The van der Waals surface area contributed by atoms with Crippen molar-refractivity contribution in [2.75, 3.05) is 26.3 Å². The van der Waals surface area contributed by atoms with Crippen LogP contribution >= 0.6 is 0 Å². The Morgan fingerprint density at radius 3 is 2.63 bits per heavy atom. The summed E-state index contributed by atoms with van der Waals surface area (Å²) in [5, 5.41) is 4.23. The van der Waals surface area contributed by atoms with Gasteiger partial charge >= 0.3 is 0 Å². The number of guanidine groups is 1. The van der Waals surface area contributed by atoms with E-state index in [2.05, 4.69) is 73.4 Å². The number of morpholine rings is 1. The van der Waals surface area contributed by atoms with Gasteiger partial charge in [0.25, 0.3) is 5.88 Å². The lowest BCUT2D eigenvalue weighted by molar-refractivity contribution is 0.0675. The number of hydrogen-bond acceptors (Lipinski definition) is 4. The molecule has 1 saturated heterocycles. The van der Waals surface area contributed by atoms with Crippen LogP contribution < -0.4 is 5.73 Å². The summed E-state index contributed by atoms with van der Waals surface area (Å²) in [4.78, 5) is 6.38. The van der Waals surface area contributed by atoms with E-state index in [-0.39, 0.29) is 5.92 Å². The molecule has 0 radical (unpaired) electrons. The highest BCUT2D eigenvalue weighted by atomic mass is 16.5. The van der Waals surface area contributed by atoms with Crippen molar-refractivity contribution in [3.63, 3.8) is 0 Å². The van der Waals surface area contributed by atoms with Gasteiger partial charge in [-0.25, -0.2) is 0 Å². The van der Waals surface area contributed by atoms with Gasteiger partial charge < -0.3 is 19.9 Å². The summed E-state index contributed by atoms with van der Waals surface area (Å²) in [7, 11) is 0. The summed E-state index contributed by atoms with van der Waals surface area (Å²) < 4.78 is 10.8. The highest BCUT2D eigenvalue weighted by Gasteiger charge is 2.17. The molecule has 0 aliphatic carbocycles. The third-order valence-corrected chi connectivity index (χ3v) is 5.60. The topological polar surface area (TPSA) is 76.9 Å². The quantitative estimate of drug-likeness (QED) is 0.515. The van der Waals surface area contributed by atoms with Gasteiger partial charge in [-0.15, -0.1) is 0 Å². The number of nitrogens with zero attached hydrogens (tertiary/aromatic N) is 3. The van der Waals surface area contributed by atoms with Crippen LogP contribution in [-0.2, 0) is 4.74 Å². The minimum atomic E-state index is 0.0903. The number of benzene rings is 2. The van der Waals surface area contributed by atoms with Crippen molar-refractivity contribution in [3.05, 3.63) is 70.9 Å². The summed E-state index contributed by atoms with van der Waals surface area (Å²) in [6, 6.07) is 17.0. The second kappa shape index (κ2) is 8.71. The Bertz CT molecular complexity index is 1050. The average molecular weight is 405 g/mol. The van der Waals surface area contributed by atoms with Gasteiger partial charge in [-0.1, -0.05) is 60.1 Å². The summed E-state index contributed by atoms with van der Waals surface area (Å²) in [5.41, 5.74) is 13.1. The normalized spacial score (nSPS) is 16.0. The lowest BCUT2D eigenvalue weighted by Crippen LogP contribution is -2.44. The molecule has 1 atom stereocenters. The van der Waals surface area contributed by atoms with Gasteiger partial charge in [0, 0.05) is 25.1 Å². The third-order valence-electron chi connectivity index (χ3n) is 5.60. The smallest absolute Gasteiger partial charge is 0.253 e. The summed E-state index contributed by atoms with van der Waals surface area (Å²) in [5.74, 6) is 0.952. The monoisotopic (exact) mass is 404 g/mol. The number of aliphatic imine (C=N–C) groups is 1. The molecule has 0 saturated carbocycles. The molecule has 0 bridgehead atoms. The second-order valence-corrected chi connectivity index (χ2v) is 7.82. The molecule has 1 fully saturated rings. The van der Waals surface area contributed by atoms with Crippen molar-refractivity contribution in [1.29, 1.82) is 0 Å². The van der Waals surface area contributed by atoms with Crippen LogP contribution in [0.15, 0.2) is 58.0 Å². The average Bonchev–Trinajstić information content (AvgIpc) is 3.22. The van der Waals surface area contributed by atoms with Crippen molar-refractivity contribution < 1.29 is 9.26 Å². The number of aromatic nitrogens is 1. The molecule has 2 heterocycles. The maximum absolute atomic E-state index is 6.11. The van der Waals surface area contributed by atoms with E-state index in [9.17, 15) is 0 Å². The molecule has 0 spiro atoms. The molecule has 1 aromatic heterocycles. The predicted molar refractivity (Wildman–Crippen MR) is 119 cm³/mol. The van der Waals surface area contributed by atoms with Gasteiger partial charge in [0.15, 0.2) is 5.96 Å². The molecule has 6 nitrogen and oxygen atoms in total. The lowest BCUT2D eigenvalue weighted by atomic mass is 9.92. The van der Waals surface area contributed by atoms with Crippen LogP contribution in [0.5, 0.6) is 0 Å². The first-order valence-corrected chi connectivity index (χ1v) is 10.3. The van der Waals surface area contributed by atoms with Crippen molar-refractivity contribution >= 4 is 11.8 Å². The Morgan fingerprint density at radius 2 is 1.90 bits per heavy atom. The van der Waals surface area contributed by atoms with Crippen LogP contribution in [0.3, 0.4) is 0 Å². The second-order valence-electron chi connectivity index (χ2n) is 7.82. The molecule has 0 unspecified atom stereocenters. The first-order chi connectivity index (χ1) is 14.5. The van der Waals surface area contributed by atoms with Gasteiger partial charge in [-0.2, -0.15) is 4.99 Å². The van der Waals surface area contributed by atoms with E-state index in [1.807, 2.05) is 11.0 Å². The van der Waals surface area contributed by atoms with Crippen LogP contribution in [0.4, 0.5) is 5.88 Å². The fourth-order valence-electron chi connectivity index (χ4n) is 3.77. The Morgan fingerprint density at radius 1 is 1.10 bits per heavy atom. The molecular weight excluding hydrogens is 376 g/mol. The Hall–Kier alpha value is -3.12. The van der Waals surface area contributed by atoms with Crippen molar-refractivity contribution in [3.8, 4) is 11.1 Å². The number of ether oxygens (including phenoxy) is 1.